The van der Waals surface area contributed by atoms with Crippen LogP contribution in [0.5, 0.6) is 0 Å². The molecule has 0 aromatic heterocycles. The summed E-state index contributed by atoms with van der Waals surface area (Å²) >= 11 is 0. The van der Waals surface area contributed by atoms with Crippen molar-refractivity contribution in [3.63, 3.8) is 0 Å². The van der Waals surface area contributed by atoms with Crippen LogP contribution in [0.2, 0.25) is 0 Å². The zero-order valence-corrected chi connectivity index (χ0v) is 9.23. The summed E-state index contributed by atoms with van der Waals surface area (Å²) in [6.45, 7) is 2.59. The van der Waals surface area contributed by atoms with Gasteiger partial charge < -0.3 is 4.90 Å². The van der Waals surface area contributed by atoms with Crippen molar-refractivity contribution in [1.29, 1.82) is 5.41 Å². The highest BCUT2D eigenvalue weighted by Crippen LogP contribution is 2.31. The van der Waals surface area contributed by atoms with Gasteiger partial charge in [-0.2, -0.15) is 0 Å². The number of nitrogens with zero attached hydrogens (tertiary/aromatic N) is 1. The summed E-state index contributed by atoms with van der Waals surface area (Å²) in [7, 11) is 0. The van der Waals surface area contributed by atoms with Crippen LogP contribution in [0.1, 0.15) is 18.1 Å². The number of carbonyl (C=O) groups is 1. The molecule has 3 nitrogen and oxygen atoms in total. The van der Waals surface area contributed by atoms with Crippen molar-refractivity contribution in [3.8, 4) is 0 Å². The Bertz CT molecular complexity index is 463. The molecule has 3 heteroatoms. The van der Waals surface area contributed by atoms with Gasteiger partial charge in [0.1, 0.15) is 6.29 Å². The lowest BCUT2D eigenvalue weighted by Gasteiger charge is -2.27. The Hall–Kier alpha value is -1.90. The number of aldehydes is 1. The average Bonchev–Trinajstić information content (AvgIpc) is 2.36. The van der Waals surface area contributed by atoms with E-state index in [9.17, 15) is 4.79 Å². The van der Waals surface area contributed by atoms with Gasteiger partial charge in [0.25, 0.3) is 0 Å². The highest BCUT2D eigenvalue weighted by molar-refractivity contribution is 5.95. The maximum Gasteiger partial charge on any atom is 0.147 e. The number of rotatable bonds is 3. The summed E-state index contributed by atoms with van der Waals surface area (Å²) in [6, 6.07) is 6.03. The molecule has 1 heterocycles. The first-order valence-electron chi connectivity index (χ1n) is 5.35. The number of nitrogens with one attached hydrogen (secondary N) is 1. The fourth-order valence-electron chi connectivity index (χ4n) is 2.07. The largest absolute Gasteiger partial charge is 0.328 e. The lowest BCUT2D eigenvalue weighted by atomic mass is 9.98. The highest BCUT2D eigenvalue weighted by Gasteiger charge is 2.18. The first kappa shape index (κ1) is 10.6. The molecule has 0 atom stereocenters. The Morgan fingerprint density at radius 2 is 2.31 bits per heavy atom. The minimum Gasteiger partial charge on any atom is -0.328 e. The SMILES string of the molecule is CCc1cccc2c1N(C=N)CC(C=O)=C2. The van der Waals surface area contributed by atoms with E-state index in [4.69, 9.17) is 5.41 Å². The van der Waals surface area contributed by atoms with Gasteiger partial charge in [-0.3, -0.25) is 10.2 Å². The summed E-state index contributed by atoms with van der Waals surface area (Å²) in [5, 5.41) is 7.42. The van der Waals surface area contributed by atoms with Crippen molar-refractivity contribution < 1.29 is 4.79 Å². The zero-order chi connectivity index (χ0) is 11.5. The molecule has 0 saturated heterocycles. The first-order chi connectivity index (χ1) is 7.80. The molecule has 0 fully saturated rings. The molecule has 1 aliphatic heterocycles. The summed E-state index contributed by atoms with van der Waals surface area (Å²) in [5.41, 5.74) is 4.01. The van der Waals surface area contributed by atoms with E-state index in [0.29, 0.717) is 12.1 Å². The number of benzene rings is 1. The molecular weight excluding hydrogens is 200 g/mol. The number of para-hydroxylation sites is 1. The van der Waals surface area contributed by atoms with Crippen molar-refractivity contribution in [2.75, 3.05) is 11.4 Å². The van der Waals surface area contributed by atoms with Gasteiger partial charge >= 0.3 is 0 Å². The summed E-state index contributed by atoms with van der Waals surface area (Å²) in [4.78, 5) is 12.6. The summed E-state index contributed by atoms with van der Waals surface area (Å²) < 4.78 is 0. The van der Waals surface area contributed by atoms with E-state index in [1.165, 1.54) is 11.9 Å². The van der Waals surface area contributed by atoms with Crippen LogP contribution in [0, 0.1) is 5.41 Å². The monoisotopic (exact) mass is 214 g/mol. The van der Waals surface area contributed by atoms with Crippen molar-refractivity contribution in [2.24, 2.45) is 0 Å². The first-order valence-corrected chi connectivity index (χ1v) is 5.35. The minimum absolute atomic E-state index is 0.497. The molecule has 0 unspecified atom stereocenters. The van der Waals surface area contributed by atoms with Crippen molar-refractivity contribution >= 4 is 24.4 Å². The molecule has 0 spiro atoms. The summed E-state index contributed by atoms with van der Waals surface area (Å²) in [5.74, 6) is 0. The minimum atomic E-state index is 0.497. The van der Waals surface area contributed by atoms with Crippen LogP contribution in [-0.4, -0.2) is 19.2 Å². The van der Waals surface area contributed by atoms with Crippen LogP contribution in [0.4, 0.5) is 5.69 Å². The normalized spacial score (nSPS) is 14.1. The van der Waals surface area contributed by atoms with E-state index in [-0.39, 0.29) is 0 Å². The third-order valence-electron chi connectivity index (χ3n) is 2.82. The number of hydrogen-bond donors (Lipinski definition) is 1. The van der Waals surface area contributed by atoms with Crippen molar-refractivity contribution in [1.82, 2.24) is 0 Å². The smallest absolute Gasteiger partial charge is 0.147 e. The van der Waals surface area contributed by atoms with E-state index in [1.54, 1.807) is 0 Å². The highest BCUT2D eigenvalue weighted by atomic mass is 16.1. The van der Waals surface area contributed by atoms with Gasteiger partial charge in [0, 0.05) is 5.57 Å². The molecule has 0 amide bonds. The van der Waals surface area contributed by atoms with Gasteiger partial charge in [-0.1, -0.05) is 25.1 Å². The molecule has 0 aliphatic carbocycles. The van der Waals surface area contributed by atoms with Gasteiger partial charge in [-0.05, 0) is 23.6 Å². The predicted octanol–water partition coefficient (Wildman–Crippen LogP) is 2.26. The predicted molar refractivity (Wildman–Crippen MR) is 66.0 cm³/mol. The third-order valence-corrected chi connectivity index (χ3v) is 2.82. The second-order valence-electron chi connectivity index (χ2n) is 3.80. The molecule has 82 valence electrons. The van der Waals surface area contributed by atoms with Gasteiger partial charge in [-0.15, -0.1) is 0 Å². The summed E-state index contributed by atoms with van der Waals surface area (Å²) in [6.07, 6.45) is 4.98. The number of aryl methyl sites for hydroxylation is 1. The van der Waals surface area contributed by atoms with Crippen LogP contribution < -0.4 is 4.90 Å². The zero-order valence-electron chi connectivity index (χ0n) is 9.23. The Kier molecular flexibility index (Phi) is 2.86. The number of fused-ring (bicyclic) bond motifs is 1. The van der Waals surface area contributed by atoms with Crippen molar-refractivity contribution in [2.45, 2.75) is 13.3 Å². The number of hydrogen-bond acceptors (Lipinski definition) is 2. The lowest BCUT2D eigenvalue weighted by Crippen LogP contribution is -2.28. The van der Waals surface area contributed by atoms with Crippen LogP contribution in [0.25, 0.3) is 6.08 Å². The Balaban J connectivity index is 2.61. The fourth-order valence-corrected chi connectivity index (χ4v) is 2.07. The van der Waals surface area contributed by atoms with Gasteiger partial charge in [0.2, 0.25) is 0 Å². The van der Waals surface area contributed by atoms with Gasteiger partial charge in [-0.25, -0.2) is 0 Å². The number of carbonyl (C=O) groups excluding carboxylic acids is 1. The molecule has 1 aliphatic rings. The number of anilines is 1. The second-order valence-corrected chi connectivity index (χ2v) is 3.80. The van der Waals surface area contributed by atoms with Crippen molar-refractivity contribution in [3.05, 3.63) is 34.9 Å². The Morgan fingerprint density at radius 3 is 2.94 bits per heavy atom. The standard InChI is InChI=1S/C13H14N2O/c1-2-11-4-3-5-12-6-10(8-16)7-15(9-14)13(11)12/h3-6,8-9,14H,2,7H2,1H3. The molecular formula is C13H14N2O. The molecule has 0 bridgehead atoms. The van der Waals surface area contributed by atoms with Gasteiger partial charge in [0.05, 0.1) is 18.6 Å². The van der Waals surface area contributed by atoms with E-state index in [1.807, 2.05) is 23.1 Å². The van der Waals surface area contributed by atoms with E-state index >= 15 is 0 Å². The quantitative estimate of drug-likeness (QED) is 0.476. The third kappa shape index (κ3) is 1.65. The van der Waals surface area contributed by atoms with E-state index in [2.05, 4.69) is 13.0 Å². The lowest BCUT2D eigenvalue weighted by molar-refractivity contribution is -0.104. The van der Waals surface area contributed by atoms with Crippen LogP contribution >= 0.6 is 0 Å². The molecule has 1 aromatic rings. The Morgan fingerprint density at radius 1 is 1.50 bits per heavy atom. The van der Waals surface area contributed by atoms with Crippen LogP contribution in [0.15, 0.2) is 23.8 Å². The maximum atomic E-state index is 10.8. The topological polar surface area (TPSA) is 44.2 Å². The van der Waals surface area contributed by atoms with E-state index < -0.39 is 0 Å². The van der Waals surface area contributed by atoms with Crippen LogP contribution in [-0.2, 0) is 11.2 Å². The second kappa shape index (κ2) is 4.31. The molecule has 1 N–H and O–H groups in total. The van der Waals surface area contributed by atoms with E-state index in [0.717, 1.165) is 24.0 Å². The Labute approximate surface area is 94.9 Å². The molecule has 16 heavy (non-hydrogen) atoms. The molecule has 0 radical (unpaired) electrons. The fraction of sp³-hybridized carbons (Fsp3) is 0.231. The van der Waals surface area contributed by atoms with Crippen LogP contribution in [0.3, 0.4) is 0 Å². The molecule has 1 aromatic carbocycles. The average molecular weight is 214 g/mol. The molecule has 2 rings (SSSR count). The van der Waals surface area contributed by atoms with Gasteiger partial charge in [0.15, 0.2) is 0 Å². The molecule has 0 saturated carbocycles. The maximum absolute atomic E-state index is 10.8.